The normalized spacial score (nSPS) is 11.6. The number of rotatable bonds is 7. The van der Waals surface area contributed by atoms with Crippen LogP contribution in [0.5, 0.6) is 11.5 Å². The lowest BCUT2D eigenvalue weighted by atomic mass is 10.1. The second-order valence-electron chi connectivity index (χ2n) is 5.00. The summed E-state index contributed by atoms with van der Waals surface area (Å²) < 4.78 is 15.5. The zero-order valence-corrected chi connectivity index (χ0v) is 13.2. The van der Waals surface area contributed by atoms with Crippen LogP contribution in [0.3, 0.4) is 0 Å². The molecule has 0 aliphatic carbocycles. The summed E-state index contributed by atoms with van der Waals surface area (Å²) in [5.41, 5.74) is 1.63. The summed E-state index contributed by atoms with van der Waals surface area (Å²) in [7, 11) is 3.08. The largest absolute Gasteiger partial charge is 0.493 e. The fraction of sp³-hybridized carbons (Fsp3) is 0.278. The molecule has 1 atom stereocenters. The van der Waals surface area contributed by atoms with E-state index in [-0.39, 0.29) is 13.0 Å². The lowest BCUT2D eigenvalue weighted by Crippen LogP contribution is -2.25. The van der Waals surface area contributed by atoms with E-state index < -0.39 is 12.1 Å². The first-order valence-electron chi connectivity index (χ1n) is 7.23. The second kappa shape index (κ2) is 8.19. The fourth-order valence-corrected chi connectivity index (χ4v) is 2.14. The van der Waals surface area contributed by atoms with E-state index in [2.05, 4.69) is 0 Å². The number of ether oxygens (including phenoxy) is 3. The molecule has 2 rings (SSSR count). The van der Waals surface area contributed by atoms with Crippen molar-refractivity contribution in [1.29, 1.82) is 0 Å². The maximum Gasteiger partial charge on any atom is 0.335 e. The molecule has 1 N–H and O–H groups in total. The summed E-state index contributed by atoms with van der Waals surface area (Å²) in [5.74, 6) is 0.496. The van der Waals surface area contributed by atoms with E-state index in [9.17, 15) is 9.90 Å². The van der Waals surface area contributed by atoms with Gasteiger partial charge in [-0.1, -0.05) is 36.4 Å². The van der Waals surface area contributed by atoms with Crippen molar-refractivity contribution in [2.45, 2.75) is 19.1 Å². The zero-order chi connectivity index (χ0) is 16.7. The minimum atomic E-state index is -1.23. The molecular formula is C18H20O5. The number of aliphatic hydroxyl groups excluding tert-OH is 1. The quantitative estimate of drug-likeness (QED) is 0.794. The summed E-state index contributed by atoms with van der Waals surface area (Å²) in [4.78, 5) is 11.9. The third-order valence-electron chi connectivity index (χ3n) is 3.37. The van der Waals surface area contributed by atoms with E-state index >= 15 is 0 Å². The van der Waals surface area contributed by atoms with Gasteiger partial charge in [-0.2, -0.15) is 0 Å². The number of hydrogen-bond donors (Lipinski definition) is 1. The van der Waals surface area contributed by atoms with Crippen molar-refractivity contribution in [2.24, 2.45) is 0 Å². The van der Waals surface area contributed by atoms with Crippen LogP contribution in [0.4, 0.5) is 0 Å². The molecule has 0 fully saturated rings. The minimum Gasteiger partial charge on any atom is -0.493 e. The van der Waals surface area contributed by atoms with Gasteiger partial charge in [0.05, 0.1) is 14.2 Å². The molecule has 23 heavy (non-hydrogen) atoms. The molecule has 2 aromatic carbocycles. The highest BCUT2D eigenvalue weighted by Crippen LogP contribution is 2.28. The Labute approximate surface area is 135 Å². The molecule has 0 spiro atoms. The molecule has 2 aromatic rings. The van der Waals surface area contributed by atoms with Gasteiger partial charge in [0, 0.05) is 6.42 Å². The number of aliphatic hydroxyl groups is 1. The van der Waals surface area contributed by atoms with E-state index in [0.29, 0.717) is 11.5 Å². The number of carbonyl (C=O) groups is 1. The Balaban J connectivity index is 1.93. The van der Waals surface area contributed by atoms with Crippen molar-refractivity contribution in [2.75, 3.05) is 14.2 Å². The van der Waals surface area contributed by atoms with Crippen molar-refractivity contribution in [3.05, 3.63) is 59.7 Å². The Hall–Kier alpha value is -2.53. The molecular weight excluding hydrogens is 296 g/mol. The average Bonchev–Trinajstić information content (AvgIpc) is 2.60. The standard InChI is InChI=1S/C18H20O5/c1-21-16-9-8-14(11-17(16)22-2)10-15(19)18(20)23-12-13-6-4-3-5-7-13/h3-9,11,15,19H,10,12H2,1-2H3/t15-/m1/s1. The Bertz CT molecular complexity index is 639. The first kappa shape index (κ1) is 16.8. The van der Waals surface area contributed by atoms with Crippen molar-refractivity contribution in [1.82, 2.24) is 0 Å². The highest BCUT2D eigenvalue weighted by molar-refractivity contribution is 5.74. The number of methoxy groups -OCH3 is 2. The summed E-state index contributed by atoms with van der Waals surface area (Å²) in [6, 6.07) is 14.6. The van der Waals surface area contributed by atoms with Crippen LogP contribution in [0.25, 0.3) is 0 Å². The Morgan fingerprint density at radius 3 is 2.35 bits per heavy atom. The molecule has 0 heterocycles. The summed E-state index contributed by atoms with van der Waals surface area (Å²) in [6.45, 7) is 0.142. The number of carbonyl (C=O) groups excluding carboxylic acids is 1. The van der Waals surface area contributed by atoms with Crippen LogP contribution in [0, 0.1) is 0 Å². The van der Waals surface area contributed by atoms with Gasteiger partial charge in [0.25, 0.3) is 0 Å². The molecule has 0 saturated carbocycles. The second-order valence-corrected chi connectivity index (χ2v) is 5.00. The van der Waals surface area contributed by atoms with Crippen LogP contribution < -0.4 is 9.47 Å². The van der Waals surface area contributed by atoms with Crippen LogP contribution in [0.1, 0.15) is 11.1 Å². The van der Waals surface area contributed by atoms with Crippen molar-refractivity contribution in [3.63, 3.8) is 0 Å². The molecule has 0 radical (unpaired) electrons. The third kappa shape index (κ3) is 4.72. The van der Waals surface area contributed by atoms with Gasteiger partial charge in [0.2, 0.25) is 0 Å². The molecule has 5 heteroatoms. The lowest BCUT2D eigenvalue weighted by molar-refractivity contribution is -0.154. The van der Waals surface area contributed by atoms with Crippen LogP contribution in [-0.4, -0.2) is 31.4 Å². The topological polar surface area (TPSA) is 65.0 Å². The Kier molecular flexibility index (Phi) is 6.00. The smallest absolute Gasteiger partial charge is 0.335 e. The van der Waals surface area contributed by atoms with E-state index in [1.165, 1.54) is 7.11 Å². The molecule has 0 saturated heterocycles. The zero-order valence-electron chi connectivity index (χ0n) is 13.2. The van der Waals surface area contributed by atoms with E-state index in [4.69, 9.17) is 14.2 Å². The average molecular weight is 316 g/mol. The number of benzene rings is 2. The SMILES string of the molecule is COc1ccc(C[C@@H](O)C(=O)OCc2ccccc2)cc1OC. The van der Waals surface area contributed by atoms with Crippen molar-refractivity contribution >= 4 is 5.97 Å². The van der Waals surface area contributed by atoms with Crippen LogP contribution in [-0.2, 0) is 22.6 Å². The minimum absolute atomic E-state index is 0.142. The first-order chi connectivity index (χ1) is 11.1. The Morgan fingerprint density at radius 1 is 1.00 bits per heavy atom. The van der Waals surface area contributed by atoms with E-state index in [1.807, 2.05) is 30.3 Å². The first-order valence-corrected chi connectivity index (χ1v) is 7.23. The van der Waals surface area contributed by atoms with Crippen LogP contribution in [0.2, 0.25) is 0 Å². The predicted octanol–water partition coefficient (Wildman–Crippen LogP) is 2.35. The van der Waals surface area contributed by atoms with E-state index in [0.717, 1.165) is 11.1 Å². The van der Waals surface area contributed by atoms with Gasteiger partial charge >= 0.3 is 5.97 Å². The Morgan fingerprint density at radius 2 is 1.70 bits per heavy atom. The van der Waals surface area contributed by atoms with Crippen molar-refractivity contribution < 1.29 is 24.1 Å². The summed E-state index contributed by atoms with van der Waals surface area (Å²) >= 11 is 0. The van der Waals surface area contributed by atoms with Gasteiger partial charge in [-0.05, 0) is 23.3 Å². The van der Waals surface area contributed by atoms with Crippen LogP contribution in [0.15, 0.2) is 48.5 Å². The molecule has 122 valence electrons. The van der Waals surface area contributed by atoms with Crippen molar-refractivity contribution in [3.8, 4) is 11.5 Å². The molecule has 0 aromatic heterocycles. The van der Waals surface area contributed by atoms with Gasteiger partial charge in [-0.15, -0.1) is 0 Å². The van der Waals surface area contributed by atoms with Gasteiger partial charge < -0.3 is 19.3 Å². The third-order valence-corrected chi connectivity index (χ3v) is 3.37. The van der Waals surface area contributed by atoms with Gasteiger partial charge in [-0.3, -0.25) is 0 Å². The van der Waals surface area contributed by atoms with Gasteiger partial charge in [0.1, 0.15) is 6.61 Å². The van der Waals surface area contributed by atoms with Gasteiger partial charge in [0.15, 0.2) is 17.6 Å². The molecule has 0 bridgehead atoms. The maximum absolute atomic E-state index is 11.9. The predicted molar refractivity (Wildman–Crippen MR) is 85.5 cm³/mol. The molecule has 0 aliphatic heterocycles. The maximum atomic E-state index is 11.9. The monoisotopic (exact) mass is 316 g/mol. The molecule has 5 nitrogen and oxygen atoms in total. The van der Waals surface area contributed by atoms with E-state index in [1.54, 1.807) is 25.3 Å². The highest BCUT2D eigenvalue weighted by atomic mass is 16.5. The van der Waals surface area contributed by atoms with Gasteiger partial charge in [-0.25, -0.2) is 4.79 Å². The lowest BCUT2D eigenvalue weighted by Gasteiger charge is -2.13. The van der Waals surface area contributed by atoms with Crippen LogP contribution >= 0.6 is 0 Å². The highest BCUT2D eigenvalue weighted by Gasteiger charge is 2.18. The molecule has 0 amide bonds. The molecule has 0 unspecified atom stereocenters. The summed E-state index contributed by atoms with van der Waals surface area (Å²) in [5, 5.41) is 9.99. The fourth-order valence-electron chi connectivity index (χ4n) is 2.14. The number of hydrogen-bond acceptors (Lipinski definition) is 5. The molecule has 0 aliphatic rings. The summed E-state index contributed by atoms with van der Waals surface area (Å²) in [6.07, 6.45) is -1.08. The number of esters is 1.